The van der Waals surface area contributed by atoms with Crippen molar-refractivity contribution in [2.24, 2.45) is 0 Å². The molecule has 0 unspecified atom stereocenters. The van der Waals surface area contributed by atoms with Crippen LogP contribution in [0, 0.1) is 13.8 Å². The van der Waals surface area contributed by atoms with Crippen molar-refractivity contribution in [2.75, 3.05) is 13.2 Å². The first-order valence-electron chi connectivity index (χ1n) is 13.4. The van der Waals surface area contributed by atoms with E-state index in [1.54, 1.807) is 0 Å². The van der Waals surface area contributed by atoms with E-state index in [1.807, 2.05) is 0 Å². The number of furan rings is 1. The van der Waals surface area contributed by atoms with E-state index < -0.39 is 0 Å². The number of unbranched alkanes of at least 4 members (excludes halogenated alkanes) is 10. The second-order valence-electron chi connectivity index (χ2n) is 9.51. The highest BCUT2D eigenvalue weighted by molar-refractivity contribution is 6.09. The van der Waals surface area contributed by atoms with Crippen molar-refractivity contribution in [1.29, 1.82) is 0 Å². The van der Waals surface area contributed by atoms with Gasteiger partial charge in [-0.2, -0.15) is 0 Å². The summed E-state index contributed by atoms with van der Waals surface area (Å²) in [7, 11) is 0. The number of fused-ring (bicyclic) bond motifs is 3. The van der Waals surface area contributed by atoms with Crippen LogP contribution in [0.2, 0.25) is 0 Å². The number of hydrogen-bond donors (Lipinski definition) is 0. The molecule has 0 saturated heterocycles. The summed E-state index contributed by atoms with van der Waals surface area (Å²) in [5.74, 6) is 1.77. The second kappa shape index (κ2) is 13.5. The van der Waals surface area contributed by atoms with E-state index in [-0.39, 0.29) is 0 Å². The monoisotopic (exact) mass is 452 g/mol. The van der Waals surface area contributed by atoms with Crippen molar-refractivity contribution in [2.45, 2.75) is 105 Å². The summed E-state index contributed by atoms with van der Waals surface area (Å²) >= 11 is 0. The molecule has 2 aromatic carbocycles. The Morgan fingerprint density at radius 3 is 1.36 bits per heavy atom. The zero-order valence-corrected chi connectivity index (χ0v) is 21.4. The first-order chi connectivity index (χ1) is 16.2. The van der Waals surface area contributed by atoms with Crippen LogP contribution in [0.15, 0.2) is 28.7 Å². The van der Waals surface area contributed by atoms with Gasteiger partial charge in [0.1, 0.15) is 0 Å². The van der Waals surface area contributed by atoms with Gasteiger partial charge in [-0.15, -0.1) is 0 Å². The van der Waals surface area contributed by atoms with E-state index in [4.69, 9.17) is 13.9 Å². The fraction of sp³-hybridized carbons (Fsp3) is 0.600. The van der Waals surface area contributed by atoms with Crippen LogP contribution in [0.25, 0.3) is 21.9 Å². The zero-order valence-electron chi connectivity index (χ0n) is 21.4. The van der Waals surface area contributed by atoms with E-state index in [1.165, 1.54) is 64.2 Å². The van der Waals surface area contributed by atoms with Crippen LogP contribution in [0.4, 0.5) is 0 Å². The molecule has 1 heterocycles. The zero-order chi connectivity index (χ0) is 23.5. The summed E-state index contributed by atoms with van der Waals surface area (Å²) in [6, 6.07) is 8.59. The molecule has 0 N–H and O–H groups in total. The Kier molecular flexibility index (Phi) is 10.4. The predicted octanol–water partition coefficient (Wildman–Crippen LogP) is 9.68. The van der Waals surface area contributed by atoms with Crippen molar-refractivity contribution < 1.29 is 13.9 Å². The predicted molar refractivity (Wildman–Crippen MR) is 141 cm³/mol. The summed E-state index contributed by atoms with van der Waals surface area (Å²) in [6.45, 7) is 10.2. The molecule has 3 aromatic rings. The lowest BCUT2D eigenvalue weighted by Gasteiger charge is -2.10. The van der Waals surface area contributed by atoms with E-state index in [9.17, 15) is 0 Å². The maximum Gasteiger partial charge on any atom is 0.177 e. The van der Waals surface area contributed by atoms with Gasteiger partial charge < -0.3 is 13.9 Å². The van der Waals surface area contributed by atoms with Gasteiger partial charge in [0.25, 0.3) is 0 Å². The molecule has 0 bridgehead atoms. The normalized spacial score (nSPS) is 11.5. The Labute approximate surface area is 200 Å². The highest BCUT2D eigenvalue weighted by Gasteiger charge is 2.18. The molecule has 3 nitrogen and oxygen atoms in total. The quantitative estimate of drug-likeness (QED) is 0.203. The third-order valence-corrected chi connectivity index (χ3v) is 6.60. The molecular formula is C30H44O3. The molecule has 182 valence electrons. The van der Waals surface area contributed by atoms with Crippen LogP contribution in [-0.2, 0) is 0 Å². The van der Waals surface area contributed by atoms with Crippen LogP contribution < -0.4 is 9.47 Å². The van der Waals surface area contributed by atoms with Gasteiger partial charge in [-0.1, -0.05) is 90.2 Å². The molecule has 0 aliphatic heterocycles. The van der Waals surface area contributed by atoms with Crippen molar-refractivity contribution in [3.05, 3.63) is 35.4 Å². The third-order valence-electron chi connectivity index (χ3n) is 6.60. The minimum Gasteiger partial charge on any atom is -0.489 e. The average molecular weight is 453 g/mol. The second-order valence-corrected chi connectivity index (χ2v) is 9.51. The molecule has 33 heavy (non-hydrogen) atoms. The molecule has 0 radical (unpaired) electrons. The molecular weight excluding hydrogens is 408 g/mol. The standard InChI is InChI=1S/C30H44O3/c1-5-7-9-11-13-15-21-31-27-23(3)17-19-25-26-20-18-24(4)28(30(26)33-29(25)27)32-22-16-14-12-10-8-6-2/h17-20H,5-16,21-22H2,1-4H3. The first-order valence-corrected chi connectivity index (χ1v) is 13.4. The summed E-state index contributed by atoms with van der Waals surface area (Å²) in [5, 5.41) is 2.22. The van der Waals surface area contributed by atoms with Gasteiger partial charge in [-0.05, 0) is 49.9 Å². The Bertz CT molecular complexity index is 907. The Morgan fingerprint density at radius 2 is 0.939 bits per heavy atom. The van der Waals surface area contributed by atoms with Crippen molar-refractivity contribution in [3.8, 4) is 11.5 Å². The van der Waals surface area contributed by atoms with Gasteiger partial charge in [-0.3, -0.25) is 0 Å². The largest absolute Gasteiger partial charge is 0.489 e. The lowest BCUT2D eigenvalue weighted by atomic mass is 10.1. The Morgan fingerprint density at radius 1 is 0.545 bits per heavy atom. The maximum absolute atomic E-state index is 6.45. The highest BCUT2D eigenvalue weighted by atomic mass is 16.5. The van der Waals surface area contributed by atoms with Crippen molar-refractivity contribution >= 4 is 21.9 Å². The molecule has 0 aliphatic rings. The molecule has 0 spiro atoms. The van der Waals surface area contributed by atoms with Crippen LogP contribution in [0.3, 0.4) is 0 Å². The van der Waals surface area contributed by atoms with Gasteiger partial charge >= 0.3 is 0 Å². The summed E-state index contributed by atoms with van der Waals surface area (Å²) in [5.41, 5.74) is 3.95. The van der Waals surface area contributed by atoms with Crippen LogP contribution in [0.1, 0.15) is 102 Å². The molecule has 0 fully saturated rings. The smallest absolute Gasteiger partial charge is 0.177 e. The topological polar surface area (TPSA) is 31.6 Å². The minimum atomic E-state index is 0.740. The Hall–Kier alpha value is -2.16. The fourth-order valence-corrected chi connectivity index (χ4v) is 4.52. The lowest BCUT2D eigenvalue weighted by molar-refractivity contribution is 0.298. The van der Waals surface area contributed by atoms with Gasteiger partial charge in [0.05, 0.1) is 13.2 Å². The van der Waals surface area contributed by atoms with Crippen LogP contribution in [0.5, 0.6) is 11.5 Å². The van der Waals surface area contributed by atoms with Gasteiger partial charge in [0.15, 0.2) is 22.7 Å². The highest BCUT2D eigenvalue weighted by Crippen LogP contribution is 2.41. The minimum absolute atomic E-state index is 0.740. The van der Waals surface area contributed by atoms with Crippen molar-refractivity contribution in [1.82, 2.24) is 0 Å². The number of aryl methyl sites for hydroxylation is 2. The first kappa shape index (κ1) is 25.5. The molecule has 0 aliphatic carbocycles. The lowest BCUT2D eigenvalue weighted by Crippen LogP contribution is -1.99. The van der Waals surface area contributed by atoms with E-state index >= 15 is 0 Å². The van der Waals surface area contributed by atoms with E-state index in [0.717, 1.165) is 70.6 Å². The Balaban J connectivity index is 1.70. The van der Waals surface area contributed by atoms with Crippen molar-refractivity contribution in [3.63, 3.8) is 0 Å². The molecule has 0 saturated carbocycles. The summed E-state index contributed by atoms with van der Waals surface area (Å²) in [4.78, 5) is 0. The van der Waals surface area contributed by atoms with Crippen LogP contribution in [-0.4, -0.2) is 13.2 Å². The molecule has 0 amide bonds. The summed E-state index contributed by atoms with van der Waals surface area (Å²) < 4.78 is 19.0. The molecule has 3 heteroatoms. The summed E-state index contributed by atoms with van der Waals surface area (Å²) in [6.07, 6.45) is 15.1. The third kappa shape index (κ3) is 6.91. The van der Waals surface area contributed by atoms with Gasteiger partial charge in [0.2, 0.25) is 0 Å². The molecule has 0 atom stereocenters. The maximum atomic E-state index is 6.45. The van der Waals surface area contributed by atoms with Gasteiger partial charge in [0, 0.05) is 10.8 Å². The van der Waals surface area contributed by atoms with E-state index in [2.05, 4.69) is 52.0 Å². The van der Waals surface area contributed by atoms with E-state index in [0.29, 0.717) is 0 Å². The number of benzene rings is 2. The van der Waals surface area contributed by atoms with Gasteiger partial charge in [-0.25, -0.2) is 0 Å². The molecule has 3 rings (SSSR count). The number of ether oxygens (including phenoxy) is 2. The SMILES string of the molecule is CCCCCCCCOc1c(C)ccc2c1oc1c(OCCCCCCCC)c(C)ccc12. The molecule has 1 aromatic heterocycles. The van der Waals surface area contributed by atoms with Crippen LogP contribution >= 0.6 is 0 Å². The average Bonchev–Trinajstić information content (AvgIpc) is 3.19. The fourth-order valence-electron chi connectivity index (χ4n) is 4.52. The number of rotatable bonds is 16. The number of hydrogen-bond acceptors (Lipinski definition) is 3.